The van der Waals surface area contributed by atoms with Gasteiger partial charge in [0, 0.05) is 16.0 Å². The molecule has 2 nitrogen and oxygen atoms in total. The molecule has 0 spiro atoms. The minimum absolute atomic E-state index is 0.738. The van der Waals surface area contributed by atoms with Crippen LogP contribution in [0.4, 0.5) is 5.69 Å². The lowest BCUT2D eigenvalue weighted by Gasteiger charge is -2.15. The van der Waals surface area contributed by atoms with Gasteiger partial charge in [0.2, 0.25) is 0 Å². The number of aryl methyl sites for hydroxylation is 2. The van der Waals surface area contributed by atoms with Gasteiger partial charge in [-0.15, -0.1) is 0 Å². The topological polar surface area (TPSA) is 21.3 Å². The van der Waals surface area contributed by atoms with E-state index < -0.39 is 0 Å². The summed E-state index contributed by atoms with van der Waals surface area (Å²) >= 11 is 9.46. The maximum atomic E-state index is 5.98. The zero-order valence-electron chi connectivity index (χ0n) is 11.8. The van der Waals surface area contributed by atoms with Crippen LogP contribution in [0.15, 0.2) is 34.8 Å². The lowest BCUT2D eigenvalue weighted by Crippen LogP contribution is -2.04. The van der Waals surface area contributed by atoms with Crippen LogP contribution < -0.4 is 10.1 Å². The van der Waals surface area contributed by atoms with E-state index in [4.69, 9.17) is 16.3 Å². The van der Waals surface area contributed by atoms with Gasteiger partial charge in [-0.3, -0.25) is 0 Å². The first kappa shape index (κ1) is 15.2. The second-order valence-corrected chi connectivity index (χ2v) is 6.08. The van der Waals surface area contributed by atoms with Crippen molar-refractivity contribution in [3.63, 3.8) is 0 Å². The number of anilines is 1. The fourth-order valence-electron chi connectivity index (χ4n) is 2.14. The zero-order chi connectivity index (χ0) is 14.7. The average Bonchev–Trinajstić information content (AvgIpc) is 2.38. The normalized spacial score (nSPS) is 10.4. The van der Waals surface area contributed by atoms with Crippen LogP contribution in [-0.4, -0.2) is 7.11 Å². The molecule has 2 rings (SSSR count). The summed E-state index contributed by atoms with van der Waals surface area (Å²) in [4.78, 5) is 0. The molecule has 0 bridgehead atoms. The van der Waals surface area contributed by atoms with Crippen molar-refractivity contribution in [3.05, 3.63) is 56.5 Å². The quantitative estimate of drug-likeness (QED) is 0.800. The molecule has 2 aromatic carbocycles. The highest BCUT2D eigenvalue weighted by Crippen LogP contribution is 2.32. The Bertz CT molecular complexity index is 628. The molecule has 0 amide bonds. The summed E-state index contributed by atoms with van der Waals surface area (Å²) < 4.78 is 6.45. The predicted molar refractivity (Wildman–Crippen MR) is 88.9 cm³/mol. The Labute approximate surface area is 133 Å². The van der Waals surface area contributed by atoms with Crippen molar-refractivity contribution >= 4 is 33.2 Å². The predicted octanol–water partition coefficient (Wildman–Crippen LogP) is 5.34. The Kier molecular flexibility index (Phi) is 4.95. The van der Waals surface area contributed by atoms with Gasteiger partial charge in [0.05, 0.1) is 12.8 Å². The lowest BCUT2D eigenvalue weighted by atomic mass is 10.1. The minimum atomic E-state index is 0.738. The number of halogens is 2. The number of benzene rings is 2. The molecule has 0 atom stereocenters. The number of hydrogen-bond acceptors (Lipinski definition) is 2. The Morgan fingerprint density at radius 1 is 1.15 bits per heavy atom. The van der Waals surface area contributed by atoms with Gasteiger partial charge in [0.15, 0.2) is 0 Å². The van der Waals surface area contributed by atoms with Crippen molar-refractivity contribution in [1.82, 2.24) is 0 Å². The second-order valence-electron chi connectivity index (χ2n) is 4.72. The Morgan fingerprint density at radius 3 is 2.55 bits per heavy atom. The number of nitrogens with one attached hydrogen (secondary N) is 1. The molecule has 2 aromatic rings. The highest BCUT2D eigenvalue weighted by atomic mass is 79.9. The molecule has 0 saturated heterocycles. The molecule has 0 aromatic heterocycles. The standard InChI is InChI=1S/C16H17BrClNO/c1-10-7-14(18)5-4-12(10)9-19-16-11(2)6-13(17)8-15(16)20-3/h4-8,19H,9H2,1-3H3. The number of methoxy groups -OCH3 is 1. The van der Waals surface area contributed by atoms with Crippen LogP contribution in [0.3, 0.4) is 0 Å². The fourth-order valence-corrected chi connectivity index (χ4v) is 2.92. The molecule has 0 fully saturated rings. The van der Waals surface area contributed by atoms with Crippen molar-refractivity contribution in [3.8, 4) is 5.75 Å². The highest BCUT2D eigenvalue weighted by Gasteiger charge is 2.08. The monoisotopic (exact) mass is 353 g/mol. The minimum Gasteiger partial charge on any atom is -0.495 e. The third-order valence-electron chi connectivity index (χ3n) is 3.24. The first-order chi connectivity index (χ1) is 9.51. The maximum Gasteiger partial charge on any atom is 0.143 e. The van der Waals surface area contributed by atoms with E-state index in [0.717, 1.165) is 33.0 Å². The van der Waals surface area contributed by atoms with Crippen LogP contribution in [0.25, 0.3) is 0 Å². The summed E-state index contributed by atoms with van der Waals surface area (Å²) in [6.07, 6.45) is 0. The molecule has 0 saturated carbocycles. The van der Waals surface area contributed by atoms with Crippen molar-refractivity contribution in [2.45, 2.75) is 20.4 Å². The van der Waals surface area contributed by atoms with E-state index in [2.05, 4.69) is 41.2 Å². The van der Waals surface area contributed by atoms with E-state index >= 15 is 0 Å². The van der Waals surface area contributed by atoms with Crippen LogP contribution in [-0.2, 0) is 6.54 Å². The molecule has 0 heterocycles. The maximum absolute atomic E-state index is 5.98. The van der Waals surface area contributed by atoms with E-state index in [9.17, 15) is 0 Å². The summed E-state index contributed by atoms with van der Waals surface area (Å²) in [7, 11) is 1.68. The smallest absolute Gasteiger partial charge is 0.143 e. The molecular weight excluding hydrogens is 338 g/mol. The molecule has 4 heteroatoms. The molecular formula is C16H17BrClNO. The zero-order valence-corrected chi connectivity index (χ0v) is 14.1. The third kappa shape index (κ3) is 3.47. The van der Waals surface area contributed by atoms with Crippen molar-refractivity contribution in [2.75, 3.05) is 12.4 Å². The molecule has 0 aliphatic carbocycles. The Morgan fingerprint density at radius 2 is 1.90 bits per heavy atom. The van der Waals surface area contributed by atoms with Gasteiger partial charge < -0.3 is 10.1 Å². The van der Waals surface area contributed by atoms with Crippen LogP contribution in [0.5, 0.6) is 5.75 Å². The molecule has 20 heavy (non-hydrogen) atoms. The van der Waals surface area contributed by atoms with Crippen molar-refractivity contribution < 1.29 is 4.74 Å². The first-order valence-electron chi connectivity index (χ1n) is 6.34. The average molecular weight is 355 g/mol. The Hall–Kier alpha value is -1.19. The van der Waals surface area contributed by atoms with Crippen molar-refractivity contribution in [2.24, 2.45) is 0 Å². The molecule has 0 radical (unpaired) electrons. The summed E-state index contributed by atoms with van der Waals surface area (Å²) in [6.45, 7) is 4.86. The largest absolute Gasteiger partial charge is 0.495 e. The summed E-state index contributed by atoms with van der Waals surface area (Å²) in [5, 5.41) is 4.21. The van der Waals surface area contributed by atoms with E-state index in [0.29, 0.717) is 0 Å². The van der Waals surface area contributed by atoms with Gasteiger partial charge >= 0.3 is 0 Å². The number of rotatable bonds is 4. The van der Waals surface area contributed by atoms with Gasteiger partial charge in [-0.2, -0.15) is 0 Å². The molecule has 1 N–H and O–H groups in total. The fraction of sp³-hybridized carbons (Fsp3) is 0.250. The molecule has 106 valence electrons. The van der Waals surface area contributed by atoms with E-state index in [-0.39, 0.29) is 0 Å². The first-order valence-corrected chi connectivity index (χ1v) is 7.51. The van der Waals surface area contributed by atoms with Gasteiger partial charge in [-0.25, -0.2) is 0 Å². The van der Waals surface area contributed by atoms with E-state index in [1.807, 2.05) is 24.3 Å². The van der Waals surface area contributed by atoms with Crippen LogP contribution >= 0.6 is 27.5 Å². The van der Waals surface area contributed by atoms with Gasteiger partial charge in [-0.1, -0.05) is 33.6 Å². The Balaban J connectivity index is 2.22. The van der Waals surface area contributed by atoms with Gasteiger partial charge in [0.25, 0.3) is 0 Å². The van der Waals surface area contributed by atoms with Gasteiger partial charge in [-0.05, 0) is 54.8 Å². The lowest BCUT2D eigenvalue weighted by molar-refractivity contribution is 0.416. The second kappa shape index (κ2) is 6.51. The third-order valence-corrected chi connectivity index (χ3v) is 3.94. The summed E-state index contributed by atoms with van der Waals surface area (Å²) in [5.41, 5.74) is 4.56. The summed E-state index contributed by atoms with van der Waals surface area (Å²) in [5.74, 6) is 0.837. The number of hydrogen-bond donors (Lipinski definition) is 1. The highest BCUT2D eigenvalue weighted by molar-refractivity contribution is 9.10. The van der Waals surface area contributed by atoms with Crippen molar-refractivity contribution in [1.29, 1.82) is 0 Å². The van der Waals surface area contributed by atoms with Crippen LogP contribution in [0.2, 0.25) is 5.02 Å². The van der Waals surface area contributed by atoms with Crippen LogP contribution in [0, 0.1) is 13.8 Å². The van der Waals surface area contributed by atoms with Crippen LogP contribution in [0.1, 0.15) is 16.7 Å². The SMILES string of the molecule is COc1cc(Br)cc(C)c1NCc1ccc(Cl)cc1C. The molecule has 0 aliphatic rings. The van der Waals surface area contributed by atoms with E-state index in [1.165, 1.54) is 11.1 Å². The molecule has 0 aliphatic heterocycles. The number of ether oxygens (including phenoxy) is 1. The van der Waals surface area contributed by atoms with Gasteiger partial charge in [0.1, 0.15) is 5.75 Å². The summed E-state index contributed by atoms with van der Waals surface area (Å²) in [6, 6.07) is 9.97. The van der Waals surface area contributed by atoms with E-state index in [1.54, 1.807) is 7.11 Å². The molecule has 0 unspecified atom stereocenters.